The van der Waals surface area contributed by atoms with Gasteiger partial charge in [0, 0.05) is 23.2 Å². The van der Waals surface area contributed by atoms with Gasteiger partial charge in [0.2, 0.25) is 5.91 Å². The van der Waals surface area contributed by atoms with E-state index >= 15 is 0 Å². The molecule has 0 bridgehead atoms. The van der Waals surface area contributed by atoms with Crippen LogP contribution in [0.3, 0.4) is 0 Å². The molecule has 0 radical (unpaired) electrons. The zero-order valence-corrected chi connectivity index (χ0v) is 15.6. The van der Waals surface area contributed by atoms with E-state index in [1.165, 1.54) is 0 Å². The van der Waals surface area contributed by atoms with Crippen LogP contribution in [0.2, 0.25) is 0 Å². The smallest absolute Gasteiger partial charge is 0.250 e. The van der Waals surface area contributed by atoms with Gasteiger partial charge in [-0.3, -0.25) is 9.59 Å². The van der Waals surface area contributed by atoms with Gasteiger partial charge in [0.25, 0.3) is 5.91 Å². The molecular formula is C23H20N4O2. The van der Waals surface area contributed by atoms with Gasteiger partial charge in [-0.2, -0.15) is 0 Å². The van der Waals surface area contributed by atoms with E-state index < -0.39 is 11.8 Å². The van der Waals surface area contributed by atoms with Gasteiger partial charge in [-0.25, -0.2) is 0 Å². The van der Waals surface area contributed by atoms with E-state index in [-0.39, 0.29) is 0 Å². The maximum Gasteiger partial charge on any atom is 0.250 e. The molecule has 3 aromatic carbocycles. The largest absolute Gasteiger partial charge is 0.366 e. The monoisotopic (exact) mass is 384 g/mol. The topological polar surface area (TPSA) is 128 Å². The molecule has 4 aromatic rings. The van der Waals surface area contributed by atoms with Gasteiger partial charge >= 0.3 is 0 Å². The predicted octanol–water partition coefficient (Wildman–Crippen LogP) is 3.16. The average Bonchev–Trinajstić information content (AvgIpc) is 3.18. The van der Waals surface area contributed by atoms with E-state index in [0.29, 0.717) is 23.2 Å². The van der Waals surface area contributed by atoms with Crippen molar-refractivity contribution in [2.45, 2.75) is 6.54 Å². The molecule has 0 saturated heterocycles. The first-order valence-corrected chi connectivity index (χ1v) is 9.13. The number of carbonyl (C=O) groups excluding carboxylic acids is 2. The maximum absolute atomic E-state index is 12.0. The van der Waals surface area contributed by atoms with E-state index in [2.05, 4.69) is 4.98 Å². The van der Waals surface area contributed by atoms with Crippen molar-refractivity contribution in [1.82, 2.24) is 4.98 Å². The molecular weight excluding hydrogens is 364 g/mol. The molecule has 0 aliphatic rings. The van der Waals surface area contributed by atoms with Crippen LogP contribution in [0, 0.1) is 0 Å². The van der Waals surface area contributed by atoms with Crippen LogP contribution >= 0.6 is 0 Å². The lowest BCUT2D eigenvalue weighted by atomic mass is 9.95. The zero-order chi connectivity index (χ0) is 20.5. The number of amides is 2. The number of aromatic amines is 1. The molecule has 1 aromatic heterocycles. The summed E-state index contributed by atoms with van der Waals surface area (Å²) in [5, 5.41) is 0.871. The summed E-state index contributed by atoms with van der Waals surface area (Å²) in [5.74, 6) is -0.990. The van der Waals surface area contributed by atoms with Gasteiger partial charge in [0.15, 0.2) is 0 Å². The van der Waals surface area contributed by atoms with E-state index in [4.69, 9.17) is 17.2 Å². The molecule has 7 N–H and O–H groups in total. The van der Waals surface area contributed by atoms with E-state index in [1.54, 1.807) is 18.2 Å². The van der Waals surface area contributed by atoms with Crippen LogP contribution in [0.15, 0.2) is 66.7 Å². The Labute approximate surface area is 167 Å². The number of aromatic nitrogens is 1. The average molecular weight is 384 g/mol. The summed E-state index contributed by atoms with van der Waals surface area (Å²) in [6, 6.07) is 20.4. The summed E-state index contributed by atoms with van der Waals surface area (Å²) < 4.78 is 0. The molecule has 0 aliphatic carbocycles. The first-order valence-electron chi connectivity index (χ1n) is 9.13. The maximum atomic E-state index is 12.0. The van der Waals surface area contributed by atoms with Crippen molar-refractivity contribution in [3.63, 3.8) is 0 Å². The fourth-order valence-corrected chi connectivity index (χ4v) is 3.59. The Bertz CT molecular complexity index is 1240. The summed E-state index contributed by atoms with van der Waals surface area (Å²) in [5.41, 5.74) is 23.0. The summed E-state index contributed by atoms with van der Waals surface area (Å²) in [4.78, 5) is 26.6. The number of primary amides is 2. The molecule has 1 heterocycles. The molecule has 0 atom stereocenters. The van der Waals surface area contributed by atoms with Crippen molar-refractivity contribution >= 4 is 22.7 Å². The third kappa shape index (κ3) is 3.26. The second-order valence-corrected chi connectivity index (χ2v) is 6.80. The first-order chi connectivity index (χ1) is 14.0. The molecule has 0 fully saturated rings. The summed E-state index contributed by atoms with van der Waals surface area (Å²) in [6.45, 7) is 0.404. The summed E-state index contributed by atoms with van der Waals surface area (Å²) >= 11 is 0. The van der Waals surface area contributed by atoms with Crippen molar-refractivity contribution in [3.05, 3.63) is 83.4 Å². The van der Waals surface area contributed by atoms with Crippen LogP contribution in [-0.2, 0) is 6.54 Å². The van der Waals surface area contributed by atoms with Crippen LogP contribution in [0.5, 0.6) is 0 Å². The number of nitrogens with one attached hydrogen (secondary N) is 1. The molecule has 4 rings (SSSR count). The minimum Gasteiger partial charge on any atom is -0.366 e. The standard InChI is InChI=1S/C23H20N4O2/c24-12-15-3-1-2-4-16(15)17-9-10-18(23(26)29)21-19(17)11-20(27-21)13-5-7-14(8-6-13)22(25)28/h1-11,27H,12,24H2,(H2,25,28)(H2,26,29). The Kier molecular flexibility index (Phi) is 4.62. The second-order valence-electron chi connectivity index (χ2n) is 6.80. The molecule has 0 saturated carbocycles. The van der Waals surface area contributed by atoms with Crippen molar-refractivity contribution < 1.29 is 9.59 Å². The van der Waals surface area contributed by atoms with Crippen LogP contribution in [-0.4, -0.2) is 16.8 Å². The highest BCUT2D eigenvalue weighted by Crippen LogP contribution is 2.35. The van der Waals surface area contributed by atoms with E-state index in [1.807, 2.05) is 48.5 Å². The molecule has 144 valence electrons. The number of H-pyrrole nitrogens is 1. The third-order valence-corrected chi connectivity index (χ3v) is 5.07. The zero-order valence-electron chi connectivity index (χ0n) is 15.6. The highest BCUT2D eigenvalue weighted by Gasteiger charge is 2.16. The van der Waals surface area contributed by atoms with Crippen LogP contribution < -0.4 is 17.2 Å². The molecule has 6 heteroatoms. The van der Waals surface area contributed by atoms with Gasteiger partial charge in [0.05, 0.1) is 11.1 Å². The molecule has 0 unspecified atom stereocenters. The number of benzene rings is 3. The number of fused-ring (bicyclic) bond motifs is 1. The third-order valence-electron chi connectivity index (χ3n) is 5.07. The van der Waals surface area contributed by atoms with Gasteiger partial charge in [0.1, 0.15) is 0 Å². The van der Waals surface area contributed by atoms with Gasteiger partial charge in [-0.15, -0.1) is 0 Å². The Hall–Kier alpha value is -3.90. The number of carbonyl (C=O) groups is 2. The number of hydrogen-bond donors (Lipinski definition) is 4. The van der Waals surface area contributed by atoms with Gasteiger partial charge < -0.3 is 22.2 Å². The second kappa shape index (κ2) is 7.26. The van der Waals surface area contributed by atoms with Crippen LogP contribution in [0.4, 0.5) is 0 Å². The lowest BCUT2D eigenvalue weighted by Gasteiger charge is -2.10. The van der Waals surface area contributed by atoms with E-state index in [9.17, 15) is 9.59 Å². The Morgan fingerprint density at radius 1 is 0.828 bits per heavy atom. The molecule has 29 heavy (non-hydrogen) atoms. The predicted molar refractivity (Wildman–Crippen MR) is 114 cm³/mol. The lowest BCUT2D eigenvalue weighted by molar-refractivity contribution is 0.0992. The Balaban J connectivity index is 1.95. The summed E-state index contributed by atoms with van der Waals surface area (Å²) in [6.07, 6.45) is 0. The van der Waals surface area contributed by atoms with E-state index in [0.717, 1.165) is 33.3 Å². The van der Waals surface area contributed by atoms with Crippen molar-refractivity contribution in [1.29, 1.82) is 0 Å². The minimum atomic E-state index is -0.508. The fraction of sp³-hybridized carbons (Fsp3) is 0.0435. The fourth-order valence-electron chi connectivity index (χ4n) is 3.59. The van der Waals surface area contributed by atoms with Gasteiger partial charge in [-0.05, 0) is 46.5 Å². The summed E-state index contributed by atoms with van der Waals surface area (Å²) in [7, 11) is 0. The first kappa shape index (κ1) is 18.5. The van der Waals surface area contributed by atoms with Crippen molar-refractivity contribution in [3.8, 4) is 22.4 Å². The van der Waals surface area contributed by atoms with Crippen molar-refractivity contribution in [2.75, 3.05) is 0 Å². The highest BCUT2D eigenvalue weighted by atomic mass is 16.1. The normalized spacial score (nSPS) is 10.9. The van der Waals surface area contributed by atoms with Crippen LogP contribution in [0.25, 0.3) is 33.3 Å². The Morgan fingerprint density at radius 2 is 1.55 bits per heavy atom. The van der Waals surface area contributed by atoms with Crippen LogP contribution in [0.1, 0.15) is 26.3 Å². The Morgan fingerprint density at radius 3 is 2.21 bits per heavy atom. The van der Waals surface area contributed by atoms with Crippen molar-refractivity contribution in [2.24, 2.45) is 17.2 Å². The molecule has 0 spiro atoms. The molecule has 6 nitrogen and oxygen atoms in total. The number of hydrogen-bond acceptors (Lipinski definition) is 3. The number of nitrogens with two attached hydrogens (primary N) is 3. The van der Waals surface area contributed by atoms with Gasteiger partial charge in [-0.1, -0.05) is 42.5 Å². The quantitative estimate of drug-likeness (QED) is 0.422. The highest BCUT2D eigenvalue weighted by molar-refractivity contribution is 6.10. The minimum absolute atomic E-state index is 0.404. The molecule has 0 aliphatic heterocycles. The SMILES string of the molecule is NCc1ccccc1-c1ccc(C(N)=O)c2[nH]c(-c3ccc(C(N)=O)cc3)cc12. The lowest BCUT2D eigenvalue weighted by Crippen LogP contribution is -2.11. The molecule has 2 amide bonds. The number of rotatable bonds is 5.